The lowest BCUT2D eigenvalue weighted by atomic mass is 10.3. The highest BCUT2D eigenvalue weighted by Crippen LogP contribution is 2.30. The number of carbonyl (C=O) groups is 1. The summed E-state index contributed by atoms with van der Waals surface area (Å²) in [6.45, 7) is -1.63. The van der Waals surface area contributed by atoms with Gasteiger partial charge in [-0.05, 0) is 18.2 Å². The second-order valence-electron chi connectivity index (χ2n) is 5.00. The lowest BCUT2D eigenvalue weighted by Crippen LogP contribution is -2.38. The van der Waals surface area contributed by atoms with Crippen LogP contribution in [0.5, 0.6) is 0 Å². The van der Waals surface area contributed by atoms with Gasteiger partial charge in [-0.2, -0.15) is 26.3 Å². The van der Waals surface area contributed by atoms with E-state index in [4.69, 9.17) is 0 Å². The number of amides is 1. The standard InChI is InChI=1S/C13H9F7N2O2S2/c14-8-2-1-7(26(24)6-13(18,19)20)3-9(8)21-11-22(5-12(15,16)17)10(23)4-25-11/h1-3H,4-6H2. The van der Waals surface area contributed by atoms with Crippen LogP contribution in [-0.2, 0) is 15.6 Å². The molecule has 1 aromatic carbocycles. The van der Waals surface area contributed by atoms with Gasteiger partial charge in [0, 0.05) is 4.90 Å². The number of halogens is 7. The second kappa shape index (κ2) is 7.55. The van der Waals surface area contributed by atoms with Crippen molar-refractivity contribution in [3.63, 3.8) is 0 Å². The minimum absolute atomic E-state index is 0.309. The van der Waals surface area contributed by atoms with E-state index >= 15 is 0 Å². The van der Waals surface area contributed by atoms with Gasteiger partial charge in [0.25, 0.3) is 0 Å². The third-order valence-corrected chi connectivity index (χ3v) is 5.22. The number of alkyl halides is 6. The summed E-state index contributed by atoms with van der Waals surface area (Å²) in [6.07, 6.45) is -9.43. The molecule has 1 fully saturated rings. The molecule has 0 radical (unpaired) electrons. The summed E-state index contributed by atoms with van der Waals surface area (Å²) in [5, 5.41) is -0.440. The molecule has 1 saturated heterocycles. The van der Waals surface area contributed by atoms with Gasteiger partial charge in [0.1, 0.15) is 23.8 Å². The second-order valence-corrected chi connectivity index (χ2v) is 7.39. The molecule has 0 aliphatic carbocycles. The van der Waals surface area contributed by atoms with Crippen molar-refractivity contribution in [3.8, 4) is 0 Å². The molecule has 1 heterocycles. The number of nitrogens with zero attached hydrogens (tertiary/aromatic N) is 2. The van der Waals surface area contributed by atoms with Crippen LogP contribution in [0.15, 0.2) is 28.1 Å². The molecule has 0 aromatic heterocycles. The molecule has 1 aromatic rings. The molecular formula is C13H9F7N2O2S2. The van der Waals surface area contributed by atoms with Crippen LogP contribution in [0.25, 0.3) is 0 Å². The number of hydrogen-bond acceptors (Lipinski definition) is 4. The zero-order valence-electron chi connectivity index (χ0n) is 12.5. The quantitative estimate of drug-likeness (QED) is 0.697. The summed E-state index contributed by atoms with van der Waals surface area (Å²) in [5.74, 6) is -3.93. The smallest absolute Gasteiger partial charge is 0.281 e. The van der Waals surface area contributed by atoms with Crippen molar-refractivity contribution in [3.05, 3.63) is 24.0 Å². The fourth-order valence-corrected chi connectivity index (χ4v) is 3.69. The monoisotopic (exact) mass is 422 g/mol. The lowest BCUT2D eigenvalue weighted by molar-refractivity contribution is -0.150. The first kappa shape index (κ1) is 20.7. The van der Waals surface area contributed by atoms with E-state index < -0.39 is 58.0 Å². The van der Waals surface area contributed by atoms with E-state index in [1.54, 1.807) is 0 Å². The van der Waals surface area contributed by atoms with Gasteiger partial charge in [0.15, 0.2) is 5.17 Å². The number of rotatable bonds is 4. The molecule has 144 valence electrons. The van der Waals surface area contributed by atoms with E-state index in [1.165, 1.54) is 0 Å². The summed E-state index contributed by atoms with van der Waals surface area (Å²) >= 11 is 0.631. The topological polar surface area (TPSA) is 49.7 Å². The van der Waals surface area contributed by atoms with Crippen LogP contribution in [0.4, 0.5) is 36.4 Å². The fourth-order valence-electron chi connectivity index (χ4n) is 1.87. The van der Waals surface area contributed by atoms with E-state index in [1.807, 2.05) is 0 Å². The highest BCUT2D eigenvalue weighted by molar-refractivity contribution is 8.15. The van der Waals surface area contributed by atoms with Gasteiger partial charge in [0.05, 0.1) is 16.6 Å². The maximum atomic E-state index is 13.8. The maximum Gasteiger partial charge on any atom is 0.406 e. The van der Waals surface area contributed by atoms with Crippen molar-refractivity contribution in [1.29, 1.82) is 0 Å². The Morgan fingerprint density at radius 2 is 1.81 bits per heavy atom. The Morgan fingerprint density at radius 1 is 1.15 bits per heavy atom. The normalized spacial score (nSPS) is 18.7. The molecule has 26 heavy (non-hydrogen) atoms. The number of thioether (sulfide) groups is 1. The fraction of sp³-hybridized carbons (Fsp3) is 0.385. The Hall–Kier alpha value is -1.63. The molecule has 13 heteroatoms. The summed E-state index contributed by atoms with van der Waals surface area (Å²) in [7, 11) is -2.53. The highest BCUT2D eigenvalue weighted by Gasteiger charge is 2.39. The van der Waals surface area contributed by atoms with Crippen molar-refractivity contribution in [1.82, 2.24) is 4.90 Å². The first-order valence-corrected chi connectivity index (χ1v) is 8.99. The van der Waals surface area contributed by atoms with E-state index in [9.17, 15) is 39.7 Å². The molecule has 0 spiro atoms. The number of hydrogen-bond donors (Lipinski definition) is 0. The van der Waals surface area contributed by atoms with Crippen LogP contribution in [0.1, 0.15) is 0 Å². The van der Waals surface area contributed by atoms with Crippen LogP contribution in [-0.4, -0.2) is 50.6 Å². The van der Waals surface area contributed by atoms with Crippen LogP contribution in [0, 0.1) is 5.82 Å². The zero-order chi connectivity index (χ0) is 19.7. The lowest BCUT2D eigenvalue weighted by Gasteiger charge is -2.17. The van der Waals surface area contributed by atoms with Crippen molar-refractivity contribution in [2.75, 3.05) is 18.1 Å². The predicted molar refractivity (Wildman–Crippen MR) is 81.1 cm³/mol. The predicted octanol–water partition coefficient (Wildman–Crippen LogP) is 3.62. The molecule has 1 aliphatic rings. The molecular weight excluding hydrogens is 413 g/mol. The minimum atomic E-state index is -4.72. The third kappa shape index (κ3) is 5.69. The molecule has 2 rings (SSSR count). The van der Waals surface area contributed by atoms with Crippen molar-refractivity contribution in [2.24, 2.45) is 4.99 Å². The van der Waals surface area contributed by atoms with Gasteiger partial charge in [-0.25, -0.2) is 9.38 Å². The van der Waals surface area contributed by atoms with E-state index in [2.05, 4.69) is 4.99 Å². The van der Waals surface area contributed by atoms with Gasteiger partial charge in [-0.15, -0.1) is 0 Å². The number of benzene rings is 1. The Balaban J connectivity index is 2.33. The van der Waals surface area contributed by atoms with Crippen molar-refractivity contribution < 1.29 is 39.7 Å². The van der Waals surface area contributed by atoms with E-state index in [0.29, 0.717) is 22.7 Å². The molecule has 1 unspecified atom stereocenters. The SMILES string of the molecule is O=C1CSC(=Nc2cc(S(=O)CC(F)(F)F)ccc2F)N1CC(F)(F)F. The summed E-state index contributed by atoms with van der Waals surface area (Å²) in [6, 6.07) is 2.32. The Labute approximate surface area is 148 Å². The molecule has 0 saturated carbocycles. The molecule has 0 N–H and O–H groups in total. The molecule has 1 amide bonds. The number of aliphatic imine (C=N–C) groups is 1. The minimum Gasteiger partial charge on any atom is -0.281 e. The first-order chi connectivity index (χ1) is 11.9. The number of carbonyl (C=O) groups excluding carboxylic acids is 1. The first-order valence-electron chi connectivity index (χ1n) is 6.69. The highest BCUT2D eigenvalue weighted by atomic mass is 32.2. The van der Waals surface area contributed by atoms with Crippen LogP contribution in [0.2, 0.25) is 0 Å². The molecule has 4 nitrogen and oxygen atoms in total. The summed E-state index contributed by atoms with van der Waals surface area (Å²) < 4.78 is 100.0. The van der Waals surface area contributed by atoms with Crippen LogP contribution >= 0.6 is 11.8 Å². The van der Waals surface area contributed by atoms with E-state index in [0.717, 1.165) is 12.1 Å². The zero-order valence-corrected chi connectivity index (χ0v) is 14.2. The van der Waals surface area contributed by atoms with Crippen LogP contribution in [0.3, 0.4) is 0 Å². The summed E-state index contributed by atoms with van der Waals surface area (Å²) in [5.41, 5.74) is -0.609. The average Bonchev–Trinajstić information content (AvgIpc) is 2.79. The number of amidine groups is 1. The Bertz CT molecular complexity index is 762. The Morgan fingerprint density at radius 3 is 2.38 bits per heavy atom. The maximum absolute atomic E-state index is 13.8. The van der Waals surface area contributed by atoms with Gasteiger partial charge in [-0.1, -0.05) is 11.8 Å². The third-order valence-electron chi connectivity index (χ3n) is 2.89. The summed E-state index contributed by atoms with van der Waals surface area (Å²) in [4.78, 5) is 15.1. The largest absolute Gasteiger partial charge is 0.406 e. The van der Waals surface area contributed by atoms with E-state index in [-0.39, 0.29) is 10.6 Å². The van der Waals surface area contributed by atoms with Gasteiger partial charge < -0.3 is 0 Å². The average molecular weight is 422 g/mol. The van der Waals surface area contributed by atoms with Gasteiger partial charge in [0.2, 0.25) is 5.91 Å². The molecule has 1 aliphatic heterocycles. The molecule has 0 bridgehead atoms. The van der Waals surface area contributed by atoms with Crippen LogP contribution < -0.4 is 0 Å². The van der Waals surface area contributed by atoms with Gasteiger partial charge in [-0.3, -0.25) is 13.9 Å². The molecule has 1 atom stereocenters. The van der Waals surface area contributed by atoms with Gasteiger partial charge >= 0.3 is 12.4 Å². The van der Waals surface area contributed by atoms with Crippen molar-refractivity contribution >= 4 is 39.3 Å². The Kier molecular flexibility index (Phi) is 6.00. The van der Waals surface area contributed by atoms with Crippen molar-refractivity contribution in [2.45, 2.75) is 17.2 Å².